The first-order valence-electron chi connectivity index (χ1n) is 4.54. The third-order valence-corrected chi connectivity index (χ3v) is 3.76. The maximum Gasteiger partial charge on any atom is 0.573 e. The first kappa shape index (κ1) is 17.4. The number of hydrogen-bond donors (Lipinski definition) is 0. The van der Waals surface area contributed by atoms with Gasteiger partial charge in [-0.1, -0.05) is 15.9 Å². The van der Waals surface area contributed by atoms with Crippen molar-refractivity contribution in [3.8, 4) is 5.75 Å². The van der Waals surface area contributed by atoms with Gasteiger partial charge in [0.05, 0.1) is 5.69 Å². The van der Waals surface area contributed by atoms with Crippen molar-refractivity contribution in [3.63, 3.8) is 0 Å². The van der Waals surface area contributed by atoms with Crippen molar-refractivity contribution in [2.24, 2.45) is 0 Å². The van der Waals surface area contributed by atoms with Crippen LogP contribution in [-0.4, -0.2) is 19.8 Å². The molecule has 4 nitrogen and oxygen atoms in total. The zero-order valence-corrected chi connectivity index (χ0v) is 12.2. The highest BCUT2D eigenvalue weighted by atomic mass is 79.9. The molecule has 0 spiro atoms. The van der Waals surface area contributed by atoms with Crippen LogP contribution in [0.25, 0.3) is 0 Å². The van der Waals surface area contributed by atoms with Gasteiger partial charge in [0, 0.05) is 22.1 Å². The van der Waals surface area contributed by atoms with Gasteiger partial charge in [0.25, 0.3) is 15.5 Å². The Hall–Kier alpha value is -0.680. The molecule has 0 unspecified atom stereocenters. The summed E-state index contributed by atoms with van der Waals surface area (Å²) in [6.45, 7) is 0. The summed E-state index contributed by atoms with van der Waals surface area (Å²) in [6, 6.07) is 0.265. The molecule has 0 saturated heterocycles. The SMILES string of the molecule is O=S(=O)(Cl)c1cc(OC(F)(F)F)c(CBr)nc1C(F)F. The van der Waals surface area contributed by atoms with E-state index in [-0.39, 0.29) is 11.4 Å². The van der Waals surface area contributed by atoms with Gasteiger partial charge in [-0.3, -0.25) is 0 Å². The molecule has 1 aromatic heterocycles. The predicted molar refractivity (Wildman–Crippen MR) is 61.5 cm³/mol. The summed E-state index contributed by atoms with van der Waals surface area (Å²) < 4.78 is 87.6. The zero-order chi connectivity index (χ0) is 15.7. The third-order valence-electron chi connectivity index (χ3n) is 1.88. The van der Waals surface area contributed by atoms with Crippen LogP contribution in [0, 0.1) is 0 Å². The van der Waals surface area contributed by atoms with E-state index in [0.717, 1.165) is 0 Å². The predicted octanol–water partition coefficient (Wildman–Crippen LogP) is 3.74. The topological polar surface area (TPSA) is 56.3 Å². The minimum Gasteiger partial charge on any atom is -0.404 e. The lowest BCUT2D eigenvalue weighted by Gasteiger charge is -2.14. The van der Waals surface area contributed by atoms with Crippen LogP contribution in [0.4, 0.5) is 22.0 Å². The van der Waals surface area contributed by atoms with Gasteiger partial charge in [-0.05, 0) is 0 Å². The molecule has 1 aromatic rings. The van der Waals surface area contributed by atoms with E-state index >= 15 is 0 Å². The van der Waals surface area contributed by atoms with Gasteiger partial charge in [0.1, 0.15) is 10.6 Å². The van der Waals surface area contributed by atoms with Crippen LogP contribution in [0.2, 0.25) is 0 Å². The molecular formula is C8H4BrClF5NO3S. The molecule has 0 amide bonds. The van der Waals surface area contributed by atoms with E-state index < -0.39 is 43.9 Å². The molecule has 0 atom stereocenters. The second kappa shape index (κ2) is 5.98. The van der Waals surface area contributed by atoms with Crippen LogP contribution in [0.1, 0.15) is 17.8 Å². The molecule has 0 bridgehead atoms. The fourth-order valence-corrected chi connectivity index (χ4v) is 2.60. The van der Waals surface area contributed by atoms with Crippen molar-refractivity contribution in [2.45, 2.75) is 23.0 Å². The lowest BCUT2D eigenvalue weighted by atomic mass is 10.3. The number of aromatic nitrogens is 1. The molecule has 0 aliphatic rings. The first-order chi connectivity index (χ1) is 8.95. The van der Waals surface area contributed by atoms with Gasteiger partial charge in [-0.25, -0.2) is 22.2 Å². The molecule has 0 aliphatic carbocycles. The summed E-state index contributed by atoms with van der Waals surface area (Å²) in [7, 11) is 0.182. The van der Waals surface area contributed by atoms with Crippen molar-refractivity contribution >= 4 is 35.7 Å². The number of nitrogens with zero attached hydrogens (tertiary/aromatic N) is 1. The fourth-order valence-electron chi connectivity index (χ4n) is 1.19. The molecule has 114 valence electrons. The van der Waals surface area contributed by atoms with Crippen LogP contribution >= 0.6 is 26.6 Å². The van der Waals surface area contributed by atoms with Crippen molar-refractivity contribution in [1.29, 1.82) is 0 Å². The number of ether oxygens (including phenoxy) is 1. The van der Waals surface area contributed by atoms with E-state index in [4.69, 9.17) is 10.7 Å². The monoisotopic (exact) mass is 403 g/mol. The molecule has 0 aromatic carbocycles. The zero-order valence-electron chi connectivity index (χ0n) is 9.09. The quantitative estimate of drug-likeness (QED) is 0.436. The maximum absolute atomic E-state index is 12.7. The Labute approximate surface area is 122 Å². The highest BCUT2D eigenvalue weighted by Gasteiger charge is 2.34. The average Bonchev–Trinajstić information content (AvgIpc) is 2.24. The number of rotatable bonds is 4. The van der Waals surface area contributed by atoms with Gasteiger partial charge in [0.2, 0.25) is 0 Å². The van der Waals surface area contributed by atoms with E-state index in [1.165, 1.54) is 0 Å². The molecule has 1 heterocycles. The molecule has 0 aliphatic heterocycles. The molecule has 20 heavy (non-hydrogen) atoms. The highest BCUT2D eigenvalue weighted by molar-refractivity contribution is 9.08. The van der Waals surface area contributed by atoms with Crippen LogP contribution in [0.15, 0.2) is 11.0 Å². The lowest BCUT2D eigenvalue weighted by Crippen LogP contribution is -2.19. The number of hydrogen-bond acceptors (Lipinski definition) is 4. The van der Waals surface area contributed by atoms with Gasteiger partial charge >= 0.3 is 6.36 Å². The Bertz CT molecular complexity index is 607. The molecular weight excluding hydrogens is 401 g/mol. The van der Waals surface area contributed by atoms with Crippen molar-refractivity contribution in [1.82, 2.24) is 4.98 Å². The Balaban J connectivity index is 3.55. The van der Waals surface area contributed by atoms with Crippen LogP contribution < -0.4 is 4.74 Å². The molecule has 0 saturated carbocycles. The summed E-state index contributed by atoms with van der Waals surface area (Å²) in [5, 5.41) is -0.360. The van der Waals surface area contributed by atoms with Gasteiger partial charge in [0.15, 0.2) is 5.75 Å². The van der Waals surface area contributed by atoms with Gasteiger partial charge in [-0.2, -0.15) is 0 Å². The van der Waals surface area contributed by atoms with Crippen molar-refractivity contribution < 1.29 is 35.1 Å². The average molecular weight is 405 g/mol. The summed E-state index contributed by atoms with van der Waals surface area (Å²) in [6.07, 6.45) is -8.48. The minimum absolute atomic E-state index is 0.265. The normalized spacial score (nSPS) is 12.8. The number of alkyl halides is 6. The van der Waals surface area contributed by atoms with Crippen molar-refractivity contribution in [3.05, 3.63) is 17.5 Å². The second-order valence-electron chi connectivity index (χ2n) is 3.24. The van der Waals surface area contributed by atoms with Crippen molar-refractivity contribution in [2.75, 3.05) is 0 Å². The Morgan fingerprint density at radius 2 is 1.95 bits per heavy atom. The van der Waals surface area contributed by atoms with E-state index in [1.54, 1.807) is 0 Å². The van der Waals surface area contributed by atoms with Gasteiger partial charge in [-0.15, -0.1) is 13.2 Å². The largest absolute Gasteiger partial charge is 0.573 e. The molecule has 0 radical (unpaired) electrons. The van der Waals surface area contributed by atoms with E-state index in [0.29, 0.717) is 0 Å². The summed E-state index contributed by atoms with van der Waals surface area (Å²) in [5.74, 6) is -1.03. The minimum atomic E-state index is -5.14. The smallest absolute Gasteiger partial charge is 0.404 e. The Morgan fingerprint density at radius 3 is 2.30 bits per heavy atom. The van der Waals surface area contributed by atoms with E-state index in [2.05, 4.69) is 25.7 Å². The number of pyridine rings is 1. The molecule has 1 rings (SSSR count). The highest BCUT2D eigenvalue weighted by Crippen LogP contribution is 2.35. The van der Waals surface area contributed by atoms with E-state index in [9.17, 15) is 30.4 Å². The summed E-state index contributed by atoms with van der Waals surface area (Å²) in [5.41, 5.74) is -1.79. The summed E-state index contributed by atoms with van der Waals surface area (Å²) >= 11 is 2.74. The second-order valence-corrected chi connectivity index (χ2v) is 6.33. The fraction of sp³-hybridized carbons (Fsp3) is 0.375. The number of halogens is 7. The van der Waals surface area contributed by atoms with Crippen LogP contribution in [0.3, 0.4) is 0 Å². The van der Waals surface area contributed by atoms with E-state index in [1.807, 2.05) is 0 Å². The Kier molecular flexibility index (Phi) is 5.19. The van der Waals surface area contributed by atoms with Gasteiger partial charge < -0.3 is 4.74 Å². The molecule has 0 N–H and O–H groups in total. The molecule has 12 heteroatoms. The third kappa shape index (κ3) is 4.42. The Morgan fingerprint density at radius 1 is 1.40 bits per heavy atom. The standard InChI is InChI=1S/C8H4BrClF5NO3S/c9-2-3-4(19-8(13,14)15)1-5(20(10,17)18)6(16-3)7(11)12/h1,7H,2H2. The first-order valence-corrected chi connectivity index (χ1v) is 7.97. The van der Waals surface area contributed by atoms with Crippen LogP contribution in [-0.2, 0) is 14.4 Å². The maximum atomic E-state index is 12.7. The molecule has 0 fully saturated rings. The lowest BCUT2D eigenvalue weighted by molar-refractivity contribution is -0.275. The summed E-state index contributed by atoms with van der Waals surface area (Å²) in [4.78, 5) is 1.92. The van der Waals surface area contributed by atoms with Crippen LogP contribution in [0.5, 0.6) is 5.75 Å².